The molecule has 1 aromatic heterocycles. The monoisotopic (exact) mass is 248 g/mol. The van der Waals surface area contributed by atoms with Gasteiger partial charge in [0, 0.05) is 6.07 Å². The van der Waals surface area contributed by atoms with Crippen LogP contribution in [-0.2, 0) is 0 Å². The second kappa shape index (κ2) is 4.14. The van der Waals surface area contributed by atoms with E-state index in [1.807, 2.05) is 0 Å². The van der Waals surface area contributed by atoms with Crippen molar-refractivity contribution >= 4 is 15.9 Å². The number of halogens is 3. The van der Waals surface area contributed by atoms with E-state index in [1.54, 1.807) is 6.07 Å². The average molecular weight is 249 g/mol. The molecular weight excluding hydrogens is 246 g/mol. The first kappa shape index (κ1) is 9.86. The normalized spacial score (nSPS) is 9.77. The van der Waals surface area contributed by atoms with Crippen LogP contribution in [0.15, 0.2) is 16.7 Å². The lowest BCUT2D eigenvalue weighted by Gasteiger charge is -2.03. The molecule has 0 radical (unpaired) electrons. The predicted molar refractivity (Wildman–Crippen MR) is 43.3 cm³/mol. The van der Waals surface area contributed by atoms with Gasteiger partial charge in [0.25, 0.3) is 0 Å². The first-order chi connectivity index (χ1) is 6.11. The summed E-state index contributed by atoms with van der Waals surface area (Å²) in [5, 5.41) is 8.48. The number of alkyl halides is 2. The molecule has 1 rings (SSSR count). The molecule has 0 aliphatic heterocycles. The van der Waals surface area contributed by atoms with Crippen molar-refractivity contribution in [1.29, 1.82) is 5.26 Å². The van der Waals surface area contributed by atoms with Crippen molar-refractivity contribution in [2.24, 2.45) is 0 Å². The zero-order valence-electron chi connectivity index (χ0n) is 6.17. The van der Waals surface area contributed by atoms with E-state index in [0.717, 1.165) is 6.07 Å². The molecule has 0 fully saturated rings. The van der Waals surface area contributed by atoms with Crippen molar-refractivity contribution in [2.75, 3.05) is 0 Å². The van der Waals surface area contributed by atoms with Crippen LogP contribution < -0.4 is 4.74 Å². The number of rotatable bonds is 2. The Morgan fingerprint density at radius 3 is 2.77 bits per heavy atom. The van der Waals surface area contributed by atoms with Gasteiger partial charge in [0.2, 0.25) is 5.88 Å². The second-order valence-corrected chi connectivity index (χ2v) is 2.82. The Morgan fingerprint density at radius 1 is 1.54 bits per heavy atom. The Kier molecular flexibility index (Phi) is 3.14. The van der Waals surface area contributed by atoms with Crippen LogP contribution in [0.1, 0.15) is 5.56 Å². The van der Waals surface area contributed by atoms with Gasteiger partial charge in [-0.15, -0.1) is 0 Å². The molecule has 6 heteroatoms. The fourth-order valence-corrected chi connectivity index (χ4v) is 1.11. The molecule has 0 spiro atoms. The molecule has 0 aromatic carbocycles. The Hall–Kier alpha value is -1.22. The summed E-state index contributed by atoms with van der Waals surface area (Å²) in [5.74, 6) is -0.277. The van der Waals surface area contributed by atoms with E-state index >= 15 is 0 Å². The first-order valence-corrected chi connectivity index (χ1v) is 3.93. The van der Waals surface area contributed by atoms with Crippen molar-refractivity contribution in [3.05, 3.63) is 22.3 Å². The van der Waals surface area contributed by atoms with Gasteiger partial charge in [-0.05, 0) is 22.0 Å². The van der Waals surface area contributed by atoms with E-state index in [2.05, 4.69) is 25.7 Å². The number of ether oxygens (including phenoxy) is 1. The number of nitrogens with zero attached hydrogens (tertiary/aromatic N) is 2. The topological polar surface area (TPSA) is 45.9 Å². The maximum absolute atomic E-state index is 11.7. The van der Waals surface area contributed by atoms with Crippen LogP contribution in [0.3, 0.4) is 0 Å². The predicted octanol–water partition coefficient (Wildman–Crippen LogP) is 2.32. The Morgan fingerprint density at radius 2 is 2.23 bits per heavy atom. The summed E-state index contributed by atoms with van der Waals surface area (Å²) in [5.41, 5.74) is 0.206. The highest BCUT2D eigenvalue weighted by molar-refractivity contribution is 9.10. The molecule has 0 amide bonds. The lowest BCUT2D eigenvalue weighted by Crippen LogP contribution is -2.03. The highest BCUT2D eigenvalue weighted by atomic mass is 79.9. The maximum Gasteiger partial charge on any atom is 0.388 e. The summed E-state index contributed by atoms with van der Waals surface area (Å²) in [6.45, 7) is -2.94. The quantitative estimate of drug-likeness (QED) is 0.755. The van der Waals surface area contributed by atoms with Crippen molar-refractivity contribution in [1.82, 2.24) is 4.98 Å². The van der Waals surface area contributed by atoms with Gasteiger partial charge in [0.1, 0.15) is 4.60 Å². The zero-order chi connectivity index (χ0) is 9.84. The third-order valence-corrected chi connectivity index (χ3v) is 1.52. The van der Waals surface area contributed by atoms with Crippen molar-refractivity contribution in [3.8, 4) is 11.9 Å². The second-order valence-electron chi connectivity index (χ2n) is 2.01. The lowest BCUT2D eigenvalue weighted by atomic mass is 10.3. The Bertz CT molecular complexity index is 351. The summed E-state index contributed by atoms with van der Waals surface area (Å²) in [6, 6.07) is 4.32. The molecule has 1 heterocycles. The van der Waals surface area contributed by atoms with Gasteiger partial charge in [-0.1, -0.05) is 0 Å². The van der Waals surface area contributed by atoms with Crippen LogP contribution in [0, 0.1) is 11.3 Å². The van der Waals surface area contributed by atoms with Crippen LogP contribution in [0.4, 0.5) is 8.78 Å². The van der Waals surface area contributed by atoms with Crippen LogP contribution in [-0.4, -0.2) is 11.6 Å². The van der Waals surface area contributed by atoms with E-state index in [-0.39, 0.29) is 16.0 Å². The van der Waals surface area contributed by atoms with Crippen LogP contribution in [0.2, 0.25) is 0 Å². The van der Waals surface area contributed by atoms with Gasteiger partial charge in [-0.3, -0.25) is 0 Å². The molecule has 0 aliphatic rings. The fourth-order valence-electron chi connectivity index (χ4n) is 0.689. The molecule has 68 valence electrons. The molecule has 0 saturated carbocycles. The number of aromatic nitrogens is 1. The van der Waals surface area contributed by atoms with Gasteiger partial charge in [-0.25, -0.2) is 4.98 Å². The fraction of sp³-hybridized carbons (Fsp3) is 0.143. The lowest BCUT2D eigenvalue weighted by molar-refractivity contribution is -0.0529. The Labute approximate surface area is 81.1 Å². The summed E-state index contributed by atoms with van der Waals surface area (Å²) in [6.07, 6.45) is 0. The third kappa shape index (κ3) is 2.95. The van der Waals surface area contributed by atoms with Gasteiger partial charge in [0.15, 0.2) is 0 Å². The summed E-state index contributed by atoms with van der Waals surface area (Å²) >= 11 is 2.96. The van der Waals surface area contributed by atoms with E-state index in [4.69, 9.17) is 5.26 Å². The standard InChI is InChI=1S/C7H3BrF2N2O/c8-5-1-4(3-11)2-6(12-5)13-7(9)10/h1-2,7H. The largest absolute Gasteiger partial charge is 0.417 e. The molecular formula is C7H3BrF2N2O. The van der Waals surface area contributed by atoms with Crippen LogP contribution in [0.25, 0.3) is 0 Å². The smallest absolute Gasteiger partial charge is 0.388 e. The minimum absolute atomic E-state index is 0.206. The van der Waals surface area contributed by atoms with E-state index in [1.165, 1.54) is 6.07 Å². The van der Waals surface area contributed by atoms with Gasteiger partial charge >= 0.3 is 6.61 Å². The number of hydrogen-bond acceptors (Lipinski definition) is 3. The number of pyridine rings is 1. The highest BCUT2D eigenvalue weighted by Gasteiger charge is 2.07. The van der Waals surface area contributed by atoms with Crippen molar-refractivity contribution in [3.63, 3.8) is 0 Å². The molecule has 0 unspecified atom stereocenters. The molecule has 0 aliphatic carbocycles. The number of hydrogen-bond donors (Lipinski definition) is 0. The van der Waals surface area contributed by atoms with Gasteiger partial charge < -0.3 is 4.74 Å². The molecule has 3 nitrogen and oxygen atoms in total. The minimum atomic E-state index is -2.94. The van der Waals surface area contributed by atoms with Crippen LogP contribution >= 0.6 is 15.9 Å². The molecule has 1 aromatic rings. The molecule has 0 bridgehead atoms. The highest BCUT2D eigenvalue weighted by Crippen LogP contribution is 2.17. The zero-order valence-corrected chi connectivity index (χ0v) is 7.75. The molecule has 0 N–H and O–H groups in total. The summed E-state index contributed by atoms with van der Waals surface area (Å²) in [4.78, 5) is 3.59. The maximum atomic E-state index is 11.7. The van der Waals surface area contributed by atoms with Crippen LogP contribution in [0.5, 0.6) is 5.88 Å². The molecule has 13 heavy (non-hydrogen) atoms. The Balaban J connectivity index is 2.96. The SMILES string of the molecule is N#Cc1cc(Br)nc(OC(F)F)c1. The summed E-state index contributed by atoms with van der Waals surface area (Å²) in [7, 11) is 0. The summed E-state index contributed by atoms with van der Waals surface area (Å²) < 4.78 is 27.7. The third-order valence-electron chi connectivity index (χ3n) is 1.11. The van der Waals surface area contributed by atoms with Crippen molar-refractivity contribution < 1.29 is 13.5 Å². The average Bonchev–Trinajstić information content (AvgIpc) is 2.01. The van der Waals surface area contributed by atoms with E-state index in [0.29, 0.717) is 0 Å². The number of nitriles is 1. The van der Waals surface area contributed by atoms with E-state index < -0.39 is 6.61 Å². The van der Waals surface area contributed by atoms with Crippen molar-refractivity contribution in [2.45, 2.75) is 6.61 Å². The molecule has 0 atom stereocenters. The van der Waals surface area contributed by atoms with E-state index in [9.17, 15) is 8.78 Å². The minimum Gasteiger partial charge on any atom is -0.417 e. The van der Waals surface area contributed by atoms with Gasteiger partial charge in [0.05, 0.1) is 11.6 Å². The first-order valence-electron chi connectivity index (χ1n) is 3.14. The van der Waals surface area contributed by atoms with Gasteiger partial charge in [-0.2, -0.15) is 14.0 Å². The molecule has 0 saturated heterocycles.